The van der Waals surface area contributed by atoms with Gasteiger partial charge in [0.25, 0.3) is 0 Å². The van der Waals surface area contributed by atoms with E-state index in [1.165, 1.54) is 0 Å². The van der Waals surface area contributed by atoms with Crippen LogP contribution < -0.4 is 0 Å². The number of sulfone groups is 1. The zero-order valence-corrected chi connectivity index (χ0v) is 12.6. The number of hydrogen-bond donors (Lipinski definition) is 0. The molecular formula is C17H20O2S. The molecule has 1 fully saturated rings. The molecule has 20 heavy (non-hydrogen) atoms. The Morgan fingerprint density at radius 2 is 1.95 bits per heavy atom. The lowest BCUT2D eigenvalue weighted by molar-refractivity contribution is 0.465. The summed E-state index contributed by atoms with van der Waals surface area (Å²) in [6.07, 6.45) is 6.64. The maximum absolute atomic E-state index is 13.3. The molecule has 3 atom stereocenters. The fourth-order valence-corrected chi connectivity index (χ4v) is 6.37. The Kier molecular flexibility index (Phi) is 3.13. The lowest BCUT2D eigenvalue weighted by Crippen LogP contribution is -2.44. The number of rotatable bonds is 4. The van der Waals surface area contributed by atoms with Crippen molar-refractivity contribution in [2.24, 2.45) is 11.8 Å². The molecule has 0 aliphatic heterocycles. The lowest BCUT2D eigenvalue weighted by Gasteiger charge is -2.36. The highest BCUT2D eigenvalue weighted by Crippen LogP contribution is 2.57. The molecule has 3 heteroatoms. The monoisotopic (exact) mass is 288 g/mol. The van der Waals surface area contributed by atoms with Crippen LogP contribution in [0, 0.1) is 11.8 Å². The second kappa shape index (κ2) is 4.59. The van der Waals surface area contributed by atoms with Crippen LogP contribution in [0.25, 0.3) is 0 Å². The molecule has 0 heterocycles. The highest BCUT2D eigenvalue weighted by molar-refractivity contribution is 7.93. The maximum Gasteiger partial charge on any atom is 0.188 e. The van der Waals surface area contributed by atoms with E-state index in [1.807, 2.05) is 13.0 Å². The van der Waals surface area contributed by atoms with Crippen molar-refractivity contribution in [3.8, 4) is 0 Å². The number of allylic oxidation sites excluding steroid dienone is 2. The van der Waals surface area contributed by atoms with Gasteiger partial charge in [-0.1, -0.05) is 50.3 Å². The van der Waals surface area contributed by atoms with Gasteiger partial charge in [-0.15, -0.1) is 0 Å². The summed E-state index contributed by atoms with van der Waals surface area (Å²) in [5.74, 6) is 0.329. The van der Waals surface area contributed by atoms with Crippen molar-refractivity contribution >= 4 is 9.84 Å². The van der Waals surface area contributed by atoms with Gasteiger partial charge in [-0.05, 0) is 36.5 Å². The predicted molar refractivity (Wildman–Crippen MR) is 81.1 cm³/mol. The van der Waals surface area contributed by atoms with Crippen LogP contribution in [0.3, 0.4) is 0 Å². The minimum absolute atomic E-state index is 0.0881. The molecule has 0 N–H and O–H groups in total. The molecule has 106 valence electrons. The first-order chi connectivity index (χ1) is 9.54. The quantitative estimate of drug-likeness (QED) is 0.791. The lowest BCUT2D eigenvalue weighted by atomic mass is 9.85. The molecule has 2 bridgehead atoms. The third-order valence-corrected chi connectivity index (χ3v) is 7.45. The Morgan fingerprint density at radius 1 is 1.25 bits per heavy atom. The SMILES string of the molecule is C=C1[C@@H]2C=C[C@@H](C2)[C@@]1(CCC)S(=O)(=O)c1ccccc1. The van der Waals surface area contributed by atoms with Gasteiger partial charge in [0.15, 0.2) is 9.84 Å². The highest BCUT2D eigenvalue weighted by Gasteiger charge is 2.58. The van der Waals surface area contributed by atoms with E-state index in [2.05, 4.69) is 18.7 Å². The Balaban J connectivity index is 2.18. The van der Waals surface area contributed by atoms with Crippen molar-refractivity contribution in [3.63, 3.8) is 0 Å². The number of hydrogen-bond acceptors (Lipinski definition) is 2. The summed E-state index contributed by atoms with van der Waals surface area (Å²) in [5.41, 5.74) is 0.899. The van der Waals surface area contributed by atoms with Gasteiger partial charge in [0, 0.05) is 5.92 Å². The number of fused-ring (bicyclic) bond motifs is 2. The van der Waals surface area contributed by atoms with E-state index in [9.17, 15) is 8.42 Å². The molecule has 0 saturated heterocycles. The van der Waals surface area contributed by atoms with Crippen LogP contribution in [0.4, 0.5) is 0 Å². The van der Waals surface area contributed by atoms with E-state index in [1.54, 1.807) is 24.3 Å². The topological polar surface area (TPSA) is 34.1 Å². The molecule has 0 aromatic heterocycles. The van der Waals surface area contributed by atoms with E-state index in [0.717, 1.165) is 18.4 Å². The van der Waals surface area contributed by atoms with Gasteiger partial charge in [0.2, 0.25) is 0 Å². The van der Waals surface area contributed by atoms with Crippen molar-refractivity contribution in [1.29, 1.82) is 0 Å². The smallest absolute Gasteiger partial charge is 0.188 e. The first kappa shape index (κ1) is 13.6. The first-order valence-electron chi connectivity index (χ1n) is 7.21. The second-order valence-electron chi connectivity index (χ2n) is 5.81. The molecule has 0 radical (unpaired) electrons. The minimum atomic E-state index is -3.39. The molecule has 2 aliphatic rings. The number of benzene rings is 1. The standard InChI is InChI=1S/C17H20O2S/c1-3-11-17(13(2)14-9-10-15(17)12-14)20(18,19)16-7-5-4-6-8-16/h4-10,14-15H,2-3,11-12H2,1H3/t14-,15+,17+/m1/s1. The molecule has 2 nitrogen and oxygen atoms in total. The normalized spacial score (nSPS) is 31.9. The van der Waals surface area contributed by atoms with E-state index >= 15 is 0 Å². The largest absolute Gasteiger partial charge is 0.223 e. The second-order valence-corrected chi connectivity index (χ2v) is 8.02. The molecular weight excluding hydrogens is 268 g/mol. The van der Waals surface area contributed by atoms with Crippen LogP contribution in [0.15, 0.2) is 59.5 Å². The summed E-state index contributed by atoms with van der Waals surface area (Å²) in [6, 6.07) is 8.84. The first-order valence-corrected chi connectivity index (χ1v) is 8.69. The minimum Gasteiger partial charge on any atom is -0.223 e. The van der Waals surface area contributed by atoms with Crippen molar-refractivity contribution in [3.05, 3.63) is 54.6 Å². The van der Waals surface area contributed by atoms with Crippen molar-refractivity contribution < 1.29 is 8.42 Å². The summed E-state index contributed by atoms with van der Waals surface area (Å²) in [4.78, 5) is 0.426. The molecule has 0 unspecified atom stereocenters. The molecule has 0 amide bonds. The Labute approximate surface area is 121 Å². The summed E-state index contributed by atoms with van der Waals surface area (Å²) < 4.78 is 25.7. The molecule has 1 saturated carbocycles. The van der Waals surface area contributed by atoms with Gasteiger partial charge >= 0.3 is 0 Å². The molecule has 1 aromatic rings. The van der Waals surface area contributed by atoms with E-state index in [0.29, 0.717) is 11.3 Å². The van der Waals surface area contributed by atoms with Gasteiger partial charge in [-0.2, -0.15) is 0 Å². The maximum atomic E-state index is 13.3. The van der Waals surface area contributed by atoms with Crippen molar-refractivity contribution in [2.45, 2.75) is 35.8 Å². The van der Waals surface area contributed by atoms with Crippen LogP contribution >= 0.6 is 0 Å². The van der Waals surface area contributed by atoms with Crippen LogP contribution in [0.5, 0.6) is 0 Å². The predicted octanol–water partition coefficient (Wildman–Crippen LogP) is 3.76. The van der Waals surface area contributed by atoms with Crippen LogP contribution in [-0.4, -0.2) is 13.2 Å². The van der Waals surface area contributed by atoms with Crippen molar-refractivity contribution in [1.82, 2.24) is 0 Å². The Hall–Kier alpha value is -1.35. The zero-order valence-electron chi connectivity index (χ0n) is 11.7. The highest BCUT2D eigenvalue weighted by atomic mass is 32.2. The van der Waals surface area contributed by atoms with E-state index < -0.39 is 14.6 Å². The average molecular weight is 288 g/mol. The zero-order chi connectivity index (χ0) is 14.4. The van der Waals surface area contributed by atoms with Gasteiger partial charge in [-0.25, -0.2) is 8.42 Å². The fourth-order valence-electron chi connectivity index (χ4n) is 3.89. The summed E-state index contributed by atoms with van der Waals surface area (Å²) in [7, 11) is -3.39. The average Bonchev–Trinajstić information content (AvgIpc) is 3.03. The van der Waals surface area contributed by atoms with E-state index in [4.69, 9.17) is 0 Å². The molecule has 1 aromatic carbocycles. The van der Waals surface area contributed by atoms with Crippen LogP contribution in [0.1, 0.15) is 26.2 Å². The van der Waals surface area contributed by atoms with E-state index in [-0.39, 0.29) is 11.8 Å². The van der Waals surface area contributed by atoms with Gasteiger partial charge in [-0.3, -0.25) is 0 Å². The van der Waals surface area contributed by atoms with Crippen molar-refractivity contribution in [2.75, 3.05) is 0 Å². The third-order valence-electron chi connectivity index (χ3n) is 4.83. The van der Waals surface area contributed by atoms with Crippen LogP contribution in [0.2, 0.25) is 0 Å². The summed E-state index contributed by atoms with van der Waals surface area (Å²) >= 11 is 0. The van der Waals surface area contributed by atoms with Gasteiger partial charge < -0.3 is 0 Å². The van der Waals surface area contributed by atoms with Gasteiger partial charge in [0.1, 0.15) is 4.75 Å². The summed E-state index contributed by atoms with van der Waals surface area (Å²) in [6.45, 7) is 6.22. The fraction of sp³-hybridized carbons (Fsp3) is 0.412. The molecule has 3 rings (SSSR count). The Morgan fingerprint density at radius 3 is 2.50 bits per heavy atom. The molecule has 2 aliphatic carbocycles. The third kappa shape index (κ3) is 1.59. The van der Waals surface area contributed by atoms with Crippen LogP contribution in [-0.2, 0) is 9.84 Å². The Bertz CT molecular complexity index is 657. The summed E-state index contributed by atoms with van der Waals surface area (Å²) in [5, 5.41) is 0. The molecule has 0 spiro atoms. The van der Waals surface area contributed by atoms with Gasteiger partial charge in [0.05, 0.1) is 4.90 Å².